The van der Waals surface area contributed by atoms with Crippen molar-refractivity contribution in [1.82, 2.24) is 10.1 Å². The standard InChI is InChI=1S/C13H20N2O3S/c16-10(9-3-1-2-4-9)7-12-14-13(15-18-12)11-8-19-6-5-17-11/h9-11,16H,1-8H2. The Morgan fingerprint density at radius 2 is 2.21 bits per heavy atom. The molecule has 0 aromatic carbocycles. The topological polar surface area (TPSA) is 68.4 Å². The quantitative estimate of drug-likeness (QED) is 0.911. The van der Waals surface area contributed by atoms with Crippen LogP contribution in [0.2, 0.25) is 0 Å². The third-order valence-electron chi connectivity index (χ3n) is 3.92. The molecule has 1 N–H and O–H groups in total. The summed E-state index contributed by atoms with van der Waals surface area (Å²) in [5.74, 6) is 3.47. The summed E-state index contributed by atoms with van der Waals surface area (Å²) in [5.41, 5.74) is 0. The predicted molar refractivity (Wildman–Crippen MR) is 72.0 cm³/mol. The van der Waals surface area contributed by atoms with Crippen molar-refractivity contribution in [3.63, 3.8) is 0 Å². The largest absolute Gasteiger partial charge is 0.392 e. The maximum atomic E-state index is 10.2. The summed E-state index contributed by atoms with van der Waals surface area (Å²) in [4.78, 5) is 4.37. The van der Waals surface area contributed by atoms with E-state index in [2.05, 4.69) is 10.1 Å². The lowest BCUT2D eigenvalue weighted by Gasteiger charge is -2.18. The van der Waals surface area contributed by atoms with Crippen molar-refractivity contribution < 1.29 is 14.4 Å². The molecule has 3 rings (SSSR count). The zero-order chi connectivity index (χ0) is 13.1. The Morgan fingerprint density at radius 1 is 1.37 bits per heavy atom. The Morgan fingerprint density at radius 3 is 2.95 bits per heavy atom. The first kappa shape index (κ1) is 13.4. The van der Waals surface area contributed by atoms with Crippen molar-refractivity contribution in [3.8, 4) is 0 Å². The second-order valence-electron chi connectivity index (χ2n) is 5.30. The number of hydrogen-bond acceptors (Lipinski definition) is 6. The molecule has 1 saturated heterocycles. The zero-order valence-corrected chi connectivity index (χ0v) is 11.8. The van der Waals surface area contributed by atoms with Gasteiger partial charge in [-0.25, -0.2) is 0 Å². The van der Waals surface area contributed by atoms with E-state index in [1.54, 1.807) is 0 Å². The van der Waals surface area contributed by atoms with Crippen LogP contribution in [0, 0.1) is 5.92 Å². The normalized spacial score (nSPS) is 26.7. The summed E-state index contributed by atoms with van der Waals surface area (Å²) in [7, 11) is 0. The van der Waals surface area contributed by atoms with Gasteiger partial charge in [-0.15, -0.1) is 0 Å². The molecule has 0 spiro atoms. The summed E-state index contributed by atoms with van der Waals surface area (Å²) in [6.07, 6.45) is 4.75. The van der Waals surface area contributed by atoms with Crippen LogP contribution >= 0.6 is 11.8 Å². The van der Waals surface area contributed by atoms with E-state index >= 15 is 0 Å². The summed E-state index contributed by atoms with van der Waals surface area (Å²) in [6.45, 7) is 0.740. The molecule has 2 unspecified atom stereocenters. The summed E-state index contributed by atoms with van der Waals surface area (Å²) < 4.78 is 10.9. The molecule has 1 aliphatic carbocycles. The van der Waals surface area contributed by atoms with Crippen LogP contribution in [0.5, 0.6) is 0 Å². The monoisotopic (exact) mass is 284 g/mol. The first-order valence-electron chi connectivity index (χ1n) is 7.03. The fourth-order valence-corrected chi connectivity index (χ4v) is 3.65. The zero-order valence-electron chi connectivity index (χ0n) is 11.0. The number of hydrogen-bond donors (Lipinski definition) is 1. The molecule has 0 amide bonds. The molecule has 6 heteroatoms. The number of aliphatic hydroxyl groups is 1. The van der Waals surface area contributed by atoms with Gasteiger partial charge < -0.3 is 14.4 Å². The van der Waals surface area contributed by atoms with E-state index in [-0.39, 0.29) is 12.2 Å². The molecule has 19 heavy (non-hydrogen) atoms. The van der Waals surface area contributed by atoms with Crippen molar-refractivity contribution >= 4 is 11.8 Å². The lowest BCUT2D eigenvalue weighted by Crippen LogP contribution is -2.20. The van der Waals surface area contributed by atoms with E-state index in [0.29, 0.717) is 24.1 Å². The maximum Gasteiger partial charge on any atom is 0.229 e. The Hall–Kier alpha value is -0.590. The molecule has 5 nitrogen and oxygen atoms in total. The van der Waals surface area contributed by atoms with Gasteiger partial charge in [-0.1, -0.05) is 18.0 Å². The van der Waals surface area contributed by atoms with Crippen molar-refractivity contribution in [2.24, 2.45) is 5.92 Å². The smallest absolute Gasteiger partial charge is 0.229 e. The number of nitrogens with zero attached hydrogens (tertiary/aromatic N) is 2. The third kappa shape index (κ3) is 3.30. The van der Waals surface area contributed by atoms with Crippen molar-refractivity contribution in [2.45, 2.75) is 44.3 Å². The van der Waals surface area contributed by atoms with E-state index in [9.17, 15) is 5.11 Å². The van der Waals surface area contributed by atoms with E-state index in [1.165, 1.54) is 12.8 Å². The van der Waals surface area contributed by atoms with E-state index in [4.69, 9.17) is 9.26 Å². The van der Waals surface area contributed by atoms with Crippen LogP contribution in [-0.2, 0) is 11.2 Å². The Labute approximate surface area is 117 Å². The van der Waals surface area contributed by atoms with Gasteiger partial charge in [0.2, 0.25) is 11.7 Å². The molecule has 1 aliphatic heterocycles. The highest BCUT2D eigenvalue weighted by Crippen LogP contribution is 2.29. The molecule has 1 saturated carbocycles. The minimum absolute atomic E-state index is 0.0557. The van der Waals surface area contributed by atoms with Crippen LogP contribution in [-0.4, -0.2) is 39.5 Å². The fourth-order valence-electron chi connectivity index (χ4n) is 2.81. The van der Waals surface area contributed by atoms with E-state index < -0.39 is 0 Å². The average Bonchev–Trinajstić information content (AvgIpc) is 3.11. The fraction of sp³-hybridized carbons (Fsp3) is 0.846. The predicted octanol–water partition coefficient (Wildman–Crippen LogP) is 1.97. The van der Waals surface area contributed by atoms with Gasteiger partial charge in [-0.05, 0) is 18.8 Å². The minimum Gasteiger partial charge on any atom is -0.392 e. The van der Waals surface area contributed by atoms with Gasteiger partial charge in [0, 0.05) is 11.5 Å². The molecule has 2 heterocycles. The average molecular weight is 284 g/mol. The van der Waals surface area contributed by atoms with Crippen LogP contribution in [0.1, 0.15) is 43.5 Å². The highest BCUT2D eigenvalue weighted by molar-refractivity contribution is 7.99. The third-order valence-corrected chi connectivity index (χ3v) is 4.91. The molecule has 1 aromatic rings. The first-order chi connectivity index (χ1) is 9.33. The van der Waals surface area contributed by atoms with Crippen molar-refractivity contribution in [3.05, 3.63) is 11.7 Å². The van der Waals surface area contributed by atoms with Crippen LogP contribution in [0.4, 0.5) is 0 Å². The van der Waals surface area contributed by atoms with Gasteiger partial charge in [-0.2, -0.15) is 16.7 Å². The maximum absolute atomic E-state index is 10.2. The highest BCUT2D eigenvalue weighted by Gasteiger charge is 2.27. The van der Waals surface area contributed by atoms with Crippen LogP contribution in [0.25, 0.3) is 0 Å². The molecule has 106 valence electrons. The molecule has 2 atom stereocenters. The Bertz CT molecular complexity index is 400. The van der Waals surface area contributed by atoms with Gasteiger partial charge >= 0.3 is 0 Å². The second-order valence-corrected chi connectivity index (χ2v) is 6.45. The van der Waals surface area contributed by atoms with Crippen LogP contribution in [0.3, 0.4) is 0 Å². The molecular weight excluding hydrogens is 264 g/mol. The van der Waals surface area contributed by atoms with Crippen molar-refractivity contribution in [1.29, 1.82) is 0 Å². The molecule has 0 radical (unpaired) electrons. The Kier molecular flexibility index (Phi) is 4.40. The Balaban J connectivity index is 1.57. The van der Waals surface area contributed by atoms with E-state index in [1.807, 2.05) is 11.8 Å². The van der Waals surface area contributed by atoms with Gasteiger partial charge in [0.05, 0.1) is 19.1 Å². The van der Waals surface area contributed by atoms with Crippen LogP contribution < -0.4 is 0 Å². The summed E-state index contributed by atoms with van der Waals surface area (Å²) in [5, 5.41) is 14.1. The van der Waals surface area contributed by atoms with Gasteiger partial charge in [0.25, 0.3) is 0 Å². The lowest BCUT2D eigenvalue weighted by molar-refractivity contribution is 0.0677. The molecule has 2 aliphatic rings. The number of rotatable bonds is 4. The SMILES string of the molecule is OC(Cc1nc(C2CSCCO2)no1)C1CCCC1. The molecule has 2 fully saturated rings. The highest BCUT2D eigenvalue weighted by atomic mass is 32.2. The molecule has 0 bridgehead atoms. The minimum atomic E-state index is -0.350. The number of ether oxygens (including phenoxy) is 1. The number of aromatic nitrogens is 2. The van der Waals surface area contributed by atoms with E-state index in [0.717, 1.165) is 31.0 Å². The molecule has 1 aromatic heterocycles. The second kappa shape index (κ2) is 6.24. The van der Waals surface area contributed by atoms with Crippen LogP contribution in [0.15, 0.2) is 4.52 Å². The number of thioether (sulfide) groups is 1. The summed E-state index contributed by atoms with van der Waals surface area (Å²) >= 11 is 1.85. The van der Waals surface area contributed by atoms with Gasteiger partial charge in [0.1, 0.15) is 6.10 Å². The summed E-state index contributed by atoms with van der Waals surface area (Å²) in [6, 6.07) is 0. The lowest BCUT2D eigenvalue weighted by atomic mass is 9.98. The molecular formula is C13H20N2O3S. The van der Waals surface area contributed by atoms with Crippen molar-refractivity contribution in [2.75, 3.05) is 18.1 Å². The first-order valence-corrected chi connectivity index (χ1v) is 8.18. The van der Waals surface area contributed by atoms with Gasteiger partial charge in [-0.3, -0.25) is 0 Å². The number of aliphatic hydroxyl groups excluding tert-OH is 1. The van der Waals surface area contributed by atoms with Gasteiger partial charge in [0.15, 0.2) is 0 Å².